The number of carbonyl (C=O) groups excluding carboxylic acids is 1. The molecule has 0 spiro atoms. The summed E-state index contributed by atoms with van der Waals surface area (Å²) in [5.41, 5.74) is 2.12. The van der Waals surface area contributed by atoms with Crippen LogP contribution in [0.15, 0.2) is 35.2 Å². The van der Waals surface area contributed by atoms with Gasteiger partial charge < -0.3 is 0 Å². The molecule has 0 bridgehead atoms. The van der Waals surface area contributed by atoms with Crippen molar-refractivity contribution in [3.8, 4) is 0 Å². The van der Waals surface area contributed by atoms with Crippen molar-refractivity contribution in [1.82, 2.24) is 5.43 Å². The molecule has 0 aliphatic rings. The predicted octanol–water partition coefficient (Wildman–Crippen LogP) is 1.55. The molecule has 0 unspecified atom stereocenters. The normalized spacial score (nSPS) is 9.79. The van der Waals surface area contributed by atoms with Gasteiger partial charge in [-0.3, -0.25) is 10.2 Å². The second-order valence-electron chi connectivity index (χ2n) is 2.83. The fourth-order valence-electron chi connectivity index (χ4n) is 1.01. The maximum absolute atomic E-state index is 10.8. The van der Waals surface area contributed by atoms with E-state index in [-0.39, 0.29) is 5.91 Å². The summed E-state index contributed by atoms with van der Waals surface area (Å²) in [6.07, 6.45) is 1.35. The second-order valence-corrected chi connectivity index (χ2v) is 4.00. The minimum Gasteiger partial charge on any atom is -0.294 e. The van der Waals surface area contributed by atoms with Gasteiger partial charge in [0.2, 0.25) is 5.91 Å². The minimum atomic E-state index is -0.0985. The summed E-state index contributed by atoms with van der Waals surface area (Å²) < 4.78 is 0. The molecule has 14 heavy (non-hydrogen) atoms. The third-order valence-electron chi connectivity index (χ3n) is 1.72. The van der Waals surface area contributed by atoms with Gasteiger partial charge in [0.25, 0.3) is 0 Å². The lowest BCUT2D eigenvalue weighted by Crippen LogP contribution is -2.29. The number of rotatable bonds is 5. The SMILES string of the molecule is NNC(=O)CCCSc1ccccc1. The van der Waals surface area contributed by atoms with Gasteiger partial charge in [0.1, 0.15) is 0 Å². The molecule has 3 nitrogen and oxygen atoms in total. The molecule has 1 aromatic rings. The van der Waals surface area contributed by atoms with E-state index in [0.29, 0.717) is 6.42 Å². The zero-order valence-corrected chi connectivity index (χ0v) is 8.72. The van der Waals surface area contributed by atoms with Crippen molar-refractivity contribution in [2.75, 3.05) is 5.75 Å². The highest BCUT2D eigenvalue weighted by molar-refractivity contribution is 7.99. The van der Waals surface area contributed by atoms with Gasteiger partial charge in [-0.05, 0) is 24.3 Å². The van der Waals surface area contributed by atoms with Crippen LogP contribution in [-0.4, -0.2) is 11.7 Å². The average Bonchev–Trinajstić information content (AvgIpc) is 2.25. The third kappa shape index (κ3) is 4.30. The minimum absolute atomic E-state index is 0.0985. The van der Waals surface area contributed by atoms with Gasteiger partial charge in [0, 0.05) is 11.3 Å². The number of amides is 1. The molecule has 1 amide bonds. The Morgan fingerprint density at radius 1 is 1.36 bits per heavy atom. The molecule has 4 heteroatoms. The lowest BCUT2D eigenvalue weighted by molar-refractivity contribution is -0.121. The Morgan fingerprint density at radius 2 is 2.07 bits per heavy atom. The maximum atomic E-state index is 10.8. The smallest absolute Gasteiger partial charge is 0.233 e. The Bertz CT molecular complexity index is 277. The van der Waals surface area contributed by atoms with Gasteiger partial charge >= 0.3 is 0 Å². The van der Waals surface area contributed by atoms with Crippen LogP contribution in [0.4, 0.5) is 0 Å². The fraction of sp³-hybridized carbons (Fsp3) is 0.300. The van der Waals surface area contributed by atoms with Crippen LogP contribution in [-0.2, 0) is 4.79 Å². The molecule has 0 atom stereocenters. The van der Waals surface area contributed by atoms with E-state index >= 15 is 0 Å². The summed E-state index contributed by atoms with van der Waals surface area (Å²) in [7, 11) is 0. The van der Waals surface area contributed by atoms with E-state index in [0.717, 1.165) is 12.2 Å². The van der Waals surface area contributed by atoms with Gasteiger partial charge in [-0.1, -0.05) is 18.2 Å². The Hall–Kier alpha value is -1.00. The lowest BCUT2D eigenvalue weighted by atomic mass is 10.3. The molecule has 76 valence electrons. The van der Waals surface area contributed by atoms with Gasteiger partial charge in [-0.25, -0.2) is 5.84 Å². The molecule has 0 fully saturated rings. The average molecular weight is 210 g/mol. The first kappa shape index (κ1) is 11.1. The molecular formula is C10H14N2OS. The summed E-state index contributed by atoms with van der Waals surface area (Å²) in [6, 6.07) is 10.1. The van der Waals surface area contributed by atoms with Crippen LogP contribution >= 0.6 is 11.8 Å². The Balaban J connectivity index is 2.13. The zero-order chi connectivity index (χ0) is 10.2. The summed E-state index contributed by atoms with van der Waals surface area (Å²) >= 11 is 1.75. The number of nitrogens with two attached hydrogens (primary N) is 1. The first-order valence-electron chi connectivity index (χ1n) is 4.50. The molecule has 0 aromatic heterocycles. The zero-order valence-electron chi connectivity index (χ0n) is 7.90. The number of hydrogen-bond donors (Lipinski definition) is 2. The number of benzene rings is 1. The number of carbonyl (C=O) groups is 1. The first-order chi connectivity index (χ1) is 6.83. The fourth-order valence-corrected chi connectivity index (χ4v) is 1.89. The van der Waals surface area contributed by atoms with Crippen LogP contribution in [0.1, 0.15) is 12.8 Å². The van der Waals surface area contributed by atoms with Crippen LogP contribution < -0.4 is 11.3 Å². The molecule has 0 saturated heterocycles. The van der Waals surface area contributed by atoms with Crippen LogP contribution in [0.2, 0.25) is 0 Å². The third-order valence-corrected chi connectivity index (χ3v) is 2.82. The van der Waals surface area contributed by atoms with Gasteiger partial charge in [-0.15, -0.1) is 11.8 Å². The predicted molar refractivity (Wildman–Crippen MR) is 58.7 cm³/mol. The number of nitrogens with one attached hydrogen (secondary N) is 1. The van der Waals surface area contributed by atoms with Crippen LogP contribution in [0.25, 0.3) is 0 Å². The monoisotopic (exact) mass is 210 g/mol. The van der Waals surface area contributed by atoms with Crippen LogP contribution in [0, 0.1) is 0 Å². The molecule has 0 heterocycles. The van der Waals surface area contributed by atoms with E-state index < -0.39 is 0 Å². The highest BCUT2D eigenvalue weighted by Gasteiger charge is 1.98. The van der Waals surface area contributed by atoms with Gasteiger partial charge in [0.15, 0.2) is 0 Å². The number of hydrazine groups is 1. The second kappa shape index (κ2) is 6.45. The Labute approximate surface area is 88.0 Å². The van der Waals surface area contributed by atoms with Crippen molar-refractivity contribution < 1.29 is 4.79 Å². The highest BCUT2D eigenvalue weighted by atomic mass is 32.2. The van der Waals surface area contributed by atoms with Crippen molar-refractivity contribution in [1.29, 1.82) is 0 Å². The van der Waals surface area contributed by atoms with Gasteiger partial charge in [0.05, 0.1) is 0 Å². The maximum Gasteiger partial charge on any atom is 0.233 e. The Kier molecular flexibility index (Phi) is 5.11. The van der Waals surface area contributed by atoms with Crippen LogP contribution in [0.3, 0.4) is 0 Å². The largest absolute Gasteiger partial charge is 0.294 e. The van der Waals surface area contributed by atoms with Crippen molar-refractivity contribution >= 4 is 17.7 Å². The van der Waals surface area contributed by atoms with Crippen molar-refractivity contribution in [3.05, 3.63) is 30.3 Å². The first-order valence-corrected chi connectivity index (χ1v) is 5.49. The molecule has 3 N–H and O–H groups in total. The molecule has 1 aromatic carbocycles. The van der Waals surface area contributed by atoms with E-state index in [2.05, 4.69) is 17.6 Å². The molecule has 0 radical (unpaired) electrons. The summed E-state index contributed by atoms with van der Waals surface area (Å²) in [6.45, 7) is 0. The lowest BCUT2D eigenvalue weighted by Gasteiger charge is -2.00. The summed E-state index contributed by atoms with van der Waals surface area (Å²) in [5.74, 6) is 5.80. The van der Waals surface area contributed by atoms with E-state index in [1.54, 1.807) is 11.8 Å². The molecule has 0 aliphatic heterocycles. The Morgan fingerprint density at radius 3 is 2.71 bits per heavy atom. The molecule has 0 aliphatic carbocycles. The molecule has 1 rings (SSSR count). The standard InChI is InChI=1S/C10H14N2OS/c11-12-10(13)7-4-8-14-9-5-2-1-3-6-9/h1-3,5-6H,4,7-8,11H2,(H,12,13). The topological polar surface area (TPSA) is 55.1 Å². The quantitative estimate of drug-likeness (QED) is 0.255. The molecular weight excluding hydrogens is 196 g/mol. The van der Waals surface area contributed by atoms with Crippen molar-refractivity contribution in [2.45, 2.75) is 17.7 Å². The summed E-state index contributed by atoms with van der Waals surface area (Å²) in [4.78, 5) is 12.0. The van der Waals surface area contributed by atoms with Crippen LogP contribution in [0.5, 0.6) is 0 Å². The molecule has 0 saturated carbocycles. The van der Waals surface area contributed by atoms with E-state index in [9.17, 15) is 4.79 Å². The van der Waals surface area contributed by atoms with E-state index in [1.165, 1.54) is 4.90 Å². The number of thioether (sulfide) groups is 1. The number of hydrogen-bond acceptors (Lipinski definition) is 3. The van der Waals surface area contributed by atoms with E-state index in [4.69, 9.17) is 5.84 Å². The van der Waals surface area contributed by atoms with E-state index in [1.807, 2.05) is 18.2 Å². The summed E-state index contributed by atoms with van der Waals surface area (Å²) in [5, 5.41) is 0. The van der Waals surface area contributed by atoms with Crippen molar-refractivity contribution in [3.63, 3.8) is 0 Å². The van der Waals surface area contributed by atoms with Crippen molar-refractivity contribution in [2.24, 2.45) is 5.84 Å². The van der Waals surface area contributed by atoms with Gasteiger partial charge in [-0.2, -0.15) is 0 Å². The highest BCUT2D eigenvalue weighted by Crippen LogP contribution is 2.18.